The van der Waals surface area contributed by atoms with Crippen molar-refractivity contribution >= 4 is 27.8 Å². The molecule has 22 heavy (non-hydrogen) atoms. The van der Waals surface area contributed by atoms with Crippen molar-refractivity contribution in [3.8, 4) is 11.5 Å². The lowest BCUT2D eigenvalue weighted by Crippen LogP contribution is -1.92. The van der Waals surface area contributed by atoms with Gasteiger partial charge >= 0.3 is 0 Å². The summed E-state index contributed by atoms with van der Waals surface area (Å²) in [6.07, 6.45) is 2.73. The number of methoxy groups -OCH3 is 1. The second kappa shape index (κ2) is 7.45. The molecule has 0 saturated heterocycles. The number of benzene rings is 2. The Morgan fingerprint density at radius 2 is 2.05 bits per heavy atom. The fourth-order valence-electron chi connectivity index (χ4n) is 2.23. The molecule has 2 aromatic carbocycles. The van der Waals surface area contributed by atoms with Gasteiger partial charge in [0.15, 0.2) is 11.5 Å². The van der Waals surface area contributed by atoms with E-state index >= 15 is 0 Å². The standard InChI is InChI=1S/C18H20BrNO2/c1-4-12(2)15-7-5-6-8-16(15)20-11-13-9-14(19)10-17(22-3)18(13)21/h5-12,21H,4H2,1-3H3/t12-/m1/s1. The number of hydrogen-bond donors (Lipinski definition) is 1. The maximum Gasteiger partial charge on any atom is 0.166 e. The number of ether oxygens (including phenoxy) is 1. The molecule has 0 heterocycles. The predicted octanol–water partition coefficient (Wildman–Crippen LogP) is 5.43. The number of phenols is 1. The van der Waals surface area contributed by atoms with E-state index in [1.54, 1.807) is 12.3 Å². The Kier molecular flexibility index (Phi) is 5.61. The molecule has 4 heteroatoms. The molecule has 0 saturated carbocycles. The highest BCUT2D eigenvalue weighted by molar-refractivity contribution is 9.10. The Morgan fingerprint density at radius 3 is 2.73 bits per heavy atom. The molecule has 0 aliphatic rings. The van der Waals surface area contributed by atoms with Gasteiger partial charge in [0, 0.05) is 16.3 Å². The molecule has 0 aliphatic heterocycles. The topological polar surface area (TPSA) is 41.8 Å². The zero-order valence-corrected chi connectivity index (χ0v) is 14.6. The van der Waals surface area contributed by atoms with Gasteiger partial charge in [0.1, 0.15) is 0 Å². The first kappa shape index (κ1) is 16.6. The maximum absolute atomic E-state index is 10.2. The van der Waals surface area contributed by atoms with Gasteiger partial charge < -0.3 is 9.84 Å². The zero-order valence-electron chi connectivity index (χ0n) is 13.0. The second-order valence-electron chi connectivity index (χ2n) is 5.17. The van der Waals surface area contributed by atoms with E-state index in [0.717, 1.165) is 16.6 Å². The molecule has 0 radical (unpaired) electrons. The monoisotopic (exact) mass is 361 g/mol. The number of aromatic hydroxyl groups is 1. The summed E-state index contributed by atoms with van der Waals surface area (Å²) in [5.41, 5.74) is 2.75. The number of rotatable bonds is 5. The summed E-state index contributed by atoms with van der Waals surface area (Å²) >= 11 is 3.41. The van der Waals surface area contributed by atoms with E-state index in [4.69, 9.17) is 4.74 Å². The highest BCUT2D eigenvalue weighted by Crippen LogP contribution is 2.33. The summed E-state index contributed by atoms with van der Waals surface area (Å²) in [5.74, 6) is 0.959. The Morgan fingerprint density at radius 1 is 1.32 bits per heavy atom. The second-order valence-corrected chi connectivity index (χ2v) is 6.09. The average molecular weight is 362 g/mol. The van der Waals surface area contributed by atoms with Gasteiger partial charge in [-0.2, -0.15) is 0 Å². The Labute approximate surface area is 139 Å². The molecule has 0 amide bonds. The molecule has 0 fully saturated rings. The average Bonchev–Trinajstić information content (AvgIpc) is 2.54. The van der Waals surface area contributed by atoms with Crippen molar-refractivity contribution in [2.45, 2.75) is 26.2 Å². The van der Waals surface area contributed by atoms with Crippen LogP contribution in [0.5, 0.6) is 11.5 Å². The number of phenolic OH excluding ortho intramolecular Hbond substituents is 1. The normalized spacial score (nSPS) is 12.5. The van der Waals surface area contributed by atoms with Gasteiger partial charge in [-0.1, -0.05) is 48.0 Å². The third-order valence-electron chi connectivity index (χ3n) is 3.71. The summed E-state index contributed by atoms with van der Waals surface area (Å²) in [5, 5.41) is 10.2. The van der Waals surface area contributed by atoms with E-state index in [1.807, 2.05) is 24.3 Å². The minimum Gasteiger partial charge on any atom is -0.504 e. The molecule has 0 spiro atoms. The third-order valence-corrected chi connectivity index (χ3v) is 4.17. The van der Waals surface area contributed by atoms with Crippen molar-refractivity contribution in [3.63, 3.8) is 0 Å². The van der Waals surface area contributed by atoms with Gasteiger partial charge in [0.05, 0.1) is 12.8 Å². The third kappa shape index (κ3) is 3.69. The van der Waals surface area contributed by atoms with Crippen LogP contribution in [0, 0.1) is 0 Å². The lowest BCUT2D eigenvalue weighted by molar-refractivity contribution is 0.373. The molecule has 3 nitrogen and oxygen atoms in total. The molecule has 0 aliphatic carbocycles. The van der Waals surface area contributed by atoms with Crippen molar-refractivity contribution < 1.29 is 9.84 Å². The summed E-state index contributed by atoms with van der Waals surface area (Å²) < 4.78 is 5.99. The van der Waals surface area contributed by atoms with E-state index in [9.17, 15) is 5.11 Å². The predicted molar refractivity (Wildman–Crippen MR) is 94.8 cm³/mol. The minimum atomic E-state index is 0.0930. The first-order valence-electron chi connectivity index (χ1n) is 7.26. The van der Waals surface area contributed by atoms with Crippen molar-refractivity contribution in [3.05, 3.63) is 52.0 Å². The van der Waals surface area contributed by atoms with Crippen molar-refractivity contribution in [1.29, 1.82) is 0 Å². The number of nitrogens with zero attached hydrogens (tertiary/aromatic N) is 1. The molecule has 2 rings (SSSR count). The van der Waals surface area contributed by atoms with E-state index in [2.05, 4.69) is 40.8 Å². The molecule has 0 unspecified atom stereocenters. The quantitative estimate of drug-likeness (QED) is 0.721. The molecular weight excluding hydrogens is 342 g/mol. The fraction of sp³-hybridized carbons (Fsp3) is 0.278. The number of hydrogen-bond acceptors (Lipinski definition) is 3. The van der Waals surface area contributed by atoms with Crippen molar-refractivity contribution in [1.82, 2.24) is 0 Å². The summed E-state index contributed by atoms with van der Waals surface area (Å²) in [6.45, 7) is 4.35. The van der Waals surface area contributed by atoms with Gasteiger partial charge in [0.2, 0.25) is 0 Å². The Hall–Kier alpha value is -1.81. The van der Waals surface area contributed by atoms with Crippen LogP contribution in [-0.4, -0.2) is 18.4 Å². The first-order chi connectivity index (χ1) is 10.6. The molecule has 0 aromatic heterocycles. The number of aliphatic imine (C=N–C) groups is 1. The molecular formula is C18H20BrNO2. The molecule has 2 aromatic rings. The maximum atomic E-state index is 10.2. The lowest BCUT2D eigenvalue weighted by Gasteiger charge is -2.12. The van der Waals surface area contributed by atoms with E-state index in [1.165, 1.54) is 12.7 Å². The summed E-state index contributed by atoms with van der Waals surface area (Å²) in [6, 6.07) is 11.6. The van der Waals surface area contributed by atoms with E-state index in [-0.39, 0.29) is 5.75 Å². The van der Waals surface area contributed by atoms with Gasteiger partial charge in [-0.25, -0.2) is 0 Å². The van der Waals surface area contributed by atoms with Gasteiger partial charge in [-0.15, -0.1) is 0 Å². The first-order valence-corrected chi connectivity index (χ1v) is 8.05. The Bertz CT molecular complexity index is 683. The highest BCUT2D eigenvalue weighted by Gasteiger charge is 2.10. The van der Waals surface area contributed by atoms with Crippen LogP contribution in [0.15, 0.2) is 45.9 Å². The molecule has 116 valence electrons. The lowest BCUT2D eigenvalue weighted by atomic mass is 9.97. The highest BCUT2D eigenvalue weighted by atomic mass is 79.9. The van der Waals surface area contributed by atoms with E-state index in [0.29, 0.717) is 17.2 Å². The molecule has 1 N–H and O–H groups in total. The van der Waals surface area contributed by atoms with Crippen LogP contribution < -0.4 is 4.74 Å². The molecule has 1 atom stereocenters. The smallest absolute Gasteiger partial charge is 0.166 e. The summed E-state index contributed by atoms with van der Waals surface area (Å²) in [4.78, 5) is 4.56. The number of para-hydroxylation sites is 1. The van der Waals surface area contributed by atoms with Crippen LogP contribution in [0.25, 0.3) is 0 Å². The van der Waals surface area contributed by atoms with Gasteiger partial charge in [0.25, 0.3) is 0 Å². The SMILES string of the molecule is CC[C@@H](C)c1ccccc1N=Cc1cc(Br)cc(OC)c1O. The Balaban J connectivity index is 2.40. The minimum absolute atomic E-state index is 0.0930. The van der Waals surface area contributed by atoms with Crippen molar-refractivity contribution in [2.24, 2.45) is 4.99 Å². The fourth-order valence-corrected chi connectivity index (χ4v) is 2.68. The molecule has 0 bridgehead atoms. The van der Waals surface area contributed by atoms with Crippen LogP contribution in [0.4, 0.5) is 5.69 Å². The van der Waals surface area contributed by atoms with Crippen LogP contribution in [0.2, 0.25) is 0 Å². The van der Waals surface area contributed by atoms with Crippen LogP contribution in [-0.2, 0) is 0 Å². The number of halogens is 1. The van der Waals surface area contributed by atoms with E-state index < -0.39 is 0 Å². The largest absolute Gasteiger partial charge is 0.504 e. The van der Waals surface area contributed by atoms with Crippen LogP contribution in [0.3, 0.4) is 0 Å². The van der Waals surface area contributed by atoms with Crippen molar-refractivity contribution in [2.75, 3.05) is 7.11 Å². The van der Waals surface area contributed by atoms with Crippen LogP contribution in [0.1, 0.15) is 37.3 Å². The summed E-state index contributed by atoms with van der Waals surface area (Å²) in [7, 11) is 1.53. The van der Waals surface area contributed by atoms with Crippen LogP contribution >= 0.6 is 15.9 Å². The van der Waals surface area contributed by atoms with Gasteiger partial charge in [-0.3, -0.25) is 4.99 Å². The zero-order chi connectivity index (χ0) is 16.1. The van der Waals surface area contributed by atoms with Gasteiger partial charge in [-0.05, 0) is 36.1 Å².